The highest BCUT2D eigenvalue weighted by Gasteiger charge is 2.39. The van der Waals surface area contributed by atoms with Gasteiger partial charge in [0, 0.05) is 12.0 Å². The highest BCUT2D eigenvalue weighted by molar-refractivity contribution is 6.74. The van der Waals surface area contributed by atoms with Crippen molar-refractivity contribution >= 4 is 19.9 Å². The molecule has 0 radical (unpaired) electrons. The van der Waals surface area contributed by atoms with Gasteiger partial charge in [0.2, 0.25) is 0 Å². The summed E-state index contributed by atoms with van der Waals surface area (Å²) in [5.74, 6) is -0.271. The van der Waals surface area contributed by atoms with E-state index in [0.717, 1.165) is 5.56 Å². The van der Waals surface area contributed by atoms with Gasteiger partial charge in [0.25, 0.3) is 0 Å². The van der Waals surface area contributed by atoms with E-state index in [2.05, 4.69) is 33.9 Å². The van der Waals surface area contributed by atoms with E-state index in [-0.39, 0.29) is 35.6 Å². The molecule has 5 heteroatoms. The van der Waals surface area contributed by atoms with Crippen LogP contribution in [0.5, 0.6) is 0 Å². The first-order chi connectivity index (χ1) is 14.1. The molecule has 0 aliphatic heterocycles. The fourth-order valence-corrected chi connectivity index (χ4v) is 4.18. The number of benzene rings is 2. The van der Waals surface area contributed by atoms with Gasteiger partial charge in [-0.15, -0.1) is 0 Å². The zero-order valence-corrected chi connectivity index (χ0v) is 19.8. The molecule has 162 valence electrons. The second-order valence-electron chi connectivity index (χ2n) is 9.21. The van der Waals surface area contributed by atoms with Crippen LogP contribution >= 0.6 is 0 Å². The smallest absolute Gasteiger partial charge is 0.192 e. The fourth-order valence-electron chi connectivity index (χ4n) is 2.84. The Labute approximate surface area is 181 Å². The first-order valence-corrected chi connectivity index (χ1v) is 13.4. The van der Waals surface area contributed by atoms with E-state index in [9.17, 15) is 9.59 Å². The van der Waals surface area contributed by atoms with E-state index in [1.54, 1.807) is 24.3 Å². The third-order valence-electron chi connectivity index (χ3n) is 5.59. The van der Waals surface area contributed by atoms with Crippen LogP contribution in [0.25, 0.3) is 0 Å². The number of carbonyl (C=O) groups excluding carboxylic acids is 2. The van der Waals surface area contributed by atoms with E-state index >= 15 is 0 Å². The normalized spacial score (nSPS) is 13.1. The monoisotopic (exact) mass is 426 g/mol. The van der Waals surface area contributed by atoms with Gasteiger partial charge in [0.1, 0.15) is 5.78 Å². The molecule has 0 heterocycles. The molecule has 0 aromatic heterocycles. The molecule has 0 unspecified atom stereocenters. The number of ether oxygens (including phenoxy) is 1. The van der Waals surface area contributed by atoms with Crippen LogP contribution in [0.4, 0.5) is 0 Å². The number of hydrogen-bond acceptors (Lipinski definition) is 4. The number of Topliss-reactive ketones (excluding diaryl/α,β-unsaturated/α-hetero) is 2. The van der Waals surface area contributed by atoms with Crippen molar-refractivity contribution in [1.82, 2.24) is 0 Å². The topological polar surface area (TPSA) is 52.6 Å². The number of ketones is 2. The summed E-state index contributed by atoms with van der Waals surface area (Å²) in [7, 11) is -2.09. The standard InChI is InChI=1S/C25H34O4Si/c1-25(2,3)30(4,5)29-23(19-28-18-20-12-8-6-9-13-20)16-22(26)17-24(27)21-14-10-7-11-15-21/h6-15,23H,16-19H2,1-5H3/t23-/m0/s1. The fraction of sp³-hybridized carbons (Fsp3) is 0.440. The van der Waals surface area contributed by atoms with Gasteiger partial charge in [0.15, 0.2) is 14.1 Å². The summed E-state index contributed by atoms with van der Waals surface area (Å²) in [6.45, 7) is 11.6. The molecule has 0 spiro atoms. The van der Waals surface area contributed by atoms with Crippen LogP contribution in [0.2, 0.25) is 18.1 Å². The molecule has 0 amide bonds. The molecular formula is C25H34O4Si. The second kappa shape index (κ2) is 10.8. The van der Waals surface area contributed by atoms with Gasteiger partial charge in [-0.3, -0.25) is 9.59 Å². The summed E-state index contributed by atoms with van der Waals surface area (Å²) in [6, 6.07) is 18.9. The Morgan fingerprint density at radius 1 is 0.933 bits per heavy atom. The summed E-state index contributed by atoms with van der Waals surface area (Å²) >= 11 is 0. The number of carbonyl (C=O) groups is 2. The van der Waals surface area contributed by atoms with Crippen molar-refractivity contribution in [3.8, 4) is 0 Å². The van der Waals surface area contributed by atoms with E-state index in [1.165, 1.54) is 0 Å². The molecule has 1 atom stereocenters. The Morgan fingerprint density at radius 2 is 1.50 bits per heavy atom. The number of rotatable bonds is 11. The minimum Gasteiger partial charge on any atom is -0.411 e. The Kier molecular flexibility index (Phi) is 8.71. The highest BCUT2D eigenvalue weighted by atomic mass is 28.4. The van der Waals surface area contributed by atoms with Crippen molar-refractivity contribution in [2.45, 2.75) is 64.5 Å². The largest absolute Gasteiger partial charge is 0.411 e. The lowest BCUT2D eigenvalue weighted by Crippen LogP contribution is -2.45. The molecule has 2 aromatic rings. The second-order valence-corrected chi connectivity index (χ2v) is 14.0. The van der Waals surface area contributed by atoms with E-state index in [1.807, 2.05) is 36.4 Å². The van der Waals surface area contributed by atoms with Crippen LogP contribution in [0.3, 0.4) is 0 Å². The van der Waals surface area contributed by atoms with Crippen LogP contribution in [0, 0.1) is 0 Å². The predicted molar refractivity (Wildman–Crippen MR) is 123 cm³/mol. The quantitative estimate of drug-likeness (QED) is 0.258. The third kappa shape index (κ3) is 7.63. The number of hydrogen-bond donors (Lipinski definition) is 0. The maximum absolute atomic E-state index is 12.7. The highest BCUT2D eigenvalue weighted by Crippen LogP contribution is 2.37. The van der Waals surface area contributed by atoms with Crippen molar-refractivity contribution in [1.29, 1.82) is 0 Å². The average Bonchev–Trinajstić information content (AvgIpc) is 2.68. The summed E-state index contributed by atoms with van der Waals surface area (Å²) in [5.41, 5.74) is 1.64. The molecule has 0 saturated carbocycles. The maximum Gasteiger partial charge on any atom is 0.192 e. The first kappa shape index (κ1) is 24.2. The lowest BCUT2D eigenvalue weighted by atomic mass is 10.0. The van der Waals surface area contributed by atoms with Crippen LogP contribution < -0.4 is 0 Å². The Hall–Kier alpha value is -2.08. The molecule has 4 nitrogen and oxygen atoms in total. The molecule has 0 N–H and O–H groups in total. The van der Waals surface area contributed by atoms with E-state index < -0.39 is 8.32 Å². The molecule has 2 aromatic carbocycles. The van der Waals surface area contributed by atoms with Crippen LogP contribution in [-0.4, -0.2) is 32.6 Å². The van der Waals surface area contributed by atoms with Gasteiger partial charge in [-0.1, -0.05) is 81.4 Å². The van der Waals surface area contributed by atoms with Gasteiger partial charge in [-0.05, 0) is 23.7 Å². The third-order valence-corrected chi connectivity index (χ3v) is 10.1. The Bertz CT molecular complexity index is 810. The van der Waals surface area contributed by atoms with Crippen LogP contribution in [-0.2, 0) is 20.6 Å². The summed E-state index contributed by atoms with van der Waals surface area (Å²) in [6.07, 6.45) is -0.286. The van der Waals surface area contributed by atoms with Crippen molar-refractivity contribution < 1.29 is 18.8 Å². The van der Waals surface area contributed by atoms with Crippen molar-refractivity contribution in [3.05, 3.63) is 71.8 Å². The molecular weight excluding hydrogens is 392 g/mol. The zero-order valence-electron chi connectivity index (χ0n) is 18.8. The Morgan fingerprint density at radius 3 is 2.07 bits per heavy atom. The van der Waals surface area contributed by atoms with Gasteiger partial charge in [0.05, 0.1) is 25.7 Å². The summed E-state index contributed by atoms with van der Waals surface area (Å²) in [5, 5.41) is 0.0214. The van der Waals surface area contributed by atoms with Crippen molar-refractivity contribution in [3.63, 3.8) is 0 Å². The van der Waals surface area contributed by atoms with Crippen molar-refractivity contribution in [2.75, 3.05) is 6.61 Å². The molecule has 0 aliphatic carbocycles. The van der Waals surface area contributed by atoms with Gasteiger partial charge in [-0.2, -0.15) is 0 Å². The van der Waals surface area contributed by atoms with Gasteiger partial charge in [-0.25, -0.2) is 0 Å². The molecule has 30 heavy (non-hydrogen) atoms. The summed E-state index contributed by atoms with van der Waals surface area (Å²) < 4.78 is 12.4. The minimum absolute atomic E-state index is 0.0214. The minimum atomic E-state index is -2.09. The average molecular weight is 427 g/mol. The molecule has 0 saturated heterocycles. The van der Waals surface area contributed by atoms with Crippen LogP contribution in [0.1, 0.15) is 49.5 Å². The maximum atomic E-state index is 12.7. The molecule has 0 bridgehead atoms. The van der Waals surface area contributed by atoms with Crippen molar-refractivity contribution in [2.24, 2.45) is 0 Å². The SMILES string of the molecule is CC(C)(C)[Si](C)(C)O[C@H](COCc1ccccc1)CC(=O)CC(=O)c1ccccc1. The summed E-state index contributed by atoms with van der Waals surface area (Å²) in [4.78, 5) is 25.1. The first-order valence-electron chi connectivity index (χ1n) is 10.5. The van der Waals surface area contributed by atoms with Gasteiger partial charge >= 0.3 is 0 Å². The van der Waals surface area contributed by atoms with E-state index in [4.69, 9.17) is 9.16 Å². The van der Waals surface area contributed by atoms with Gasteiger partial charge < -0.3 is 9.16 Å². The zero-order chi connectivity index (χ0) is 22.2. The lowest BCUT2D eigenvalue weighted by Gasteiger charge is -2.39. The predicted octanol–water partition coefficient (Wildman–Crippen LogP) is 5.83. The molecule has 0 fully saturated rings. The molecule has 0 aliphatic rings. The molecule has 2 rings (SSSR count). The lowest BCUT2D eigenvalue weighted by molar-refractivity contribution is -0.120. The van der Waals surface area contributed by atoms with Crippen LogP contribution in [0.15, 0.2) is 60.7 Å². The Balaban J connectivity index is 2.00. The van der Waals surface area contributed by atoms with E-state index in [0.29, 0.717) is 18.8 Å².